The number of nitrogens with one attached hydrogen (secondary N) is 1. The molecule has 1 N–H and O–H groups in total. The van der Waals surface area contributed by atoms with Gasteiger partial charge in [-0.2, -0.15) is 0 Å². The van der Waals surface area contributed by atoms with Crippen molar-refractivity contribution in [2.24, 2.45) is 0 Å². The van der Waals surface area contributed by atoms with Crippen LogP contribution in [0.15, 0.2) is 41.1 Å². The van der Waals surface area contributed by atoms with Crippen LogP contribution in [0.25, 0.3) is 0 Å². The Morgan fingerprint density at radius 2 is 2.00 bits per heavy atom. The number of hydrogen-bond acceptors (Lipinski definition) is 1. The van der Waals surface area contributed by atoms with Crippen LogP contribution in [0.2, 0.25) is 0 Å². The normalized spacial score (nSPS) is 11.8. The lowest BCUT2D eigenvalue weighted by atomic mass is 10.1. The van der Waals surface area contributed by atoms with Gasteiger partial charge in [0.1, 0.15) is 5.82 Å². The van der Waals surface area contributed by atoms with Crippen LogP contribution in [0.4, 0.5) is 4.39 Å². The van der Waals surface area contributed by atoms with Gasteiger partial charge in [-0.1, -0.05) is 12.1 Å². The van der Waals surface area contributed by atoms with E-state index in [1.165, 1.54) is 11.6 Å². The van der Waals surface area contributed by atoms with E-state index in [0.717, 1.165) is 12.1 Å². The molecule has 1 heterocycles. The fourth-order valence-electron chi connectivity index (χ4n) is 1.93. The molecular formula is C16H20BrFN2. The quantitative estimate of drug-likeness (QED) is 0.878. The second kappa shape index (κ2) is 6.10. The van der Waals surface area contributed by atoms with Crippen LogP contribution in [0.1, 0.15) is 31.9 Å². The summed E-state index contributed by atoms with van der Waals surface area (Å²) >= 11 is 3.30. The Bertz CT molecular complexity index is 584. The molecule has 0 bridgehead atoms. The van der Waals surface area contributed by atoms with Crippen LogP contribution >= 0.6 is 15.9 Å². The number of rotatable bonds is 4. The van der Waals surface area contributed by atoms with Crippen molar-refractivity contribution >= 4 is 15.9 Å². The first kappa shape index (κ1) is 15.3. The van der Waals surface area contributed by atoms with E-state index in [-0.39, 0.29) is 11.4 Å². The molecule has 0 amide bonds. The van der Waals surface area contributed by atoms with E-state index in [2.05, 4.69) is 58.8 Å². The first-order valence-electron chi connectivity index (χ1n) is 6.68. The van der Waals surface area contributed by atoms with Crippen LogP contribution < -0.4 is 5.32 Å². The molecule has 0 atom stereocenters. The van der Waals surface area contributed by atoms with Gasteiger partial charge in [0.15, 0.2) is 0 Å². The third-order valence-electron chi connectivity index (χ3n) is 3.02. The zero-order valence-corrected chi connectivity index (χ0v) is 13.7. The zero-order chi connectivity index (χ0) is 14.8. The molecule has 2 aromatic rings. The van der Waals surface area contributed by atoms with Crippen molar-refractivity contribution in [1.82, 2.24) is 9.88 Å². The van der Waals surface area contributed by atoms with Gasteiger partial charge < -0.3 is 9.88 Å². The van der Waals surface area contributed by atoms with Gasteiger partial charge in [0.2, 0.25) is 0 Å². The second-order valence-corrected chi connectivity index (χ2v) is 6.80. The molecule has 0 spiro atoms. The van der Waals surface area contributed by atoms with Crippen molar-refractivity contribution in [3.8, 4) is 0 Å². The van der Waals surface area contributed by atoms with Crippen molar-refractivity contribution in [1.29, 1.82) is 0 Å². The van der Waals surface area contributed by atoms with Crippen molar-refractivity contribution < 1.29 is 4.39 Å². The number of nitrogens with zero attached hydrogens (tertiary/aromatic N) is 1. The monoisotopic (exact) mass is 338 g/mol. The first-order chi connectivity index (χ1) is 9.35. The summed E-state index contributed by atoms with van der Waals surface area (Å²) in [5, 5.41) is 3.45. The molecule has 0 fully saturated rings. The van der Waals surface area contributed by atoms with E-state index < -0.39 is 0 Å². The summed E-state index contributed by atoms with van der Waals surface area (Å²) in [6, 6.07) is 7.22. The molecule has 1 aromatic carbocycles. The highest BCUT2D eigenvalue weighted by Gasteiger charge is 2.09. The number of hydrogen-bond donors (Lipinski definition) is 1. The van der Waals surface area contributed by atoms with E-state index in [4.69, 9.17) is 0 Å². The van der Waals surface area contributed by atoms with Crippen molar-refractivity contribution in [3.05, 3.63) is 58.1 Å². The maximum atomic E-state index is 13.5. The Hall–Kier alpha value is -1.13. The Morgan fingerprint density at radius 3 is 2.70 bits per heavy atom. The van der Waals surface area contributed by atoms with E-state index in [9.17, 15) is 4.39 Å². The molecule has 0 aliphatic heterocycles. The van der Waals surface area contributed by atoms with Crippen molar-refractivity contribution in [3.63, 3.8) is 0 Å². The summed E-state index contributed by atoms with van der Waals surface area (Å²) in [7, 11) is 0. The van der Waals surface area contributed by atoms with E-state index in [0.29, 0.717) is 11.0 Å². The van der Waals surface area contributed by atoms with Gasteiger partial charge in [0, 0.05) is 31.0 Å². The van der Waals surface area contributed by atoms with Crippen LogP contribution in [0.3, 0.4) is 0 Å². The standard InChI is InChI=1S/C16H20BrFN2/c1-16(2,3)19-9-12-7-8-20(10-12)11-13-5-4-6-14(18)15(13)17/h4-8,10,19H,9,11H2,1-3H3. The molecule has 2 rings (SSSR count). The van der Waals surface area contributed by atoms with Gasteiger partial charge >= 0.3 is 0 Å². The highest BCUT2D eigenvalue weighted by Crippen LogP contribution is 2.21. The average molecular weight is 339 g/mol. The molecule has 20 heavy (non-hydrogen) atoms. The smallest absolute Gasteiger partial charge is 0.137 e. The lowest BCUT2D eigenvalue weighted by Gasteiger charge is -2.19. The largest absolute Gasteiger partial charge is 0.350 e. The maximum Gasteiger partial charge on any atom is 0.137 e. The van der Waals surface area contributed by atoms with Crippen LogP contribution in [0.5, 0.6) is 0 Å². The predicted octanol–water partition coefficient (Wildman–Crippen LogP) is 4.33. The van der Waals surface area contributed by atoms with Gasteiger partial charge in [-0.3, -0.25) is 0 Å². The minimum absolute atomic E-state index is 0.105. The Balaban J connectivity index is 2.04. The summed E-state index contributed by atoms with van der Waals surface area (Å²) in [6.07, 6.45) is 4.12. The summed E-state index contributed by atoms with van der Waals surface area (Å²) in [5.74, 6) is -0.218. The summed E-state index contributed by atoms with van der Waals surface area (Å²) in [4.78, 5) is 0. The zero-order valence-electron chi connectivity index (χ0n) is 12.1. The molecular weight excluding hydrogens is 319 g/mol. The highest BCUT2D eigenvalue weighted by atomic mass is 79.9. The van der Waals surface area contributed by atoms with Crippen LogP contribution in [-0.4, -0.2) is 10.1 Å². The SMILES string of the molecule is CC(C)(C)NCc1ccn(Cc2cccc(F)c2Br)c1. The van der Waals surface area contributed by atoms with Crippen molar-refractivity contribution in [2.75, 3.05) is 0 Å². The first-order valence-corrected chi connectivity index (χ1v) is 7.47. The van der Waals surface area contributed by atoms with Gasteiger partial charge in [0.25, 0.3) is 0 Å². The topological polar surface area (TPSA) is 17.0 Å². The second-order valence-electron chi connectivity index (χ2n) is 6.01. The van der Waals surface area contributed by atoms with Gasteiger partial charge in [-0.05, 0) is 60.0 Å². The molecule has 4 heteroatoms. The minimum atomic E-state index is -0.218. The number of benzene rings is 1. The molecule has 0 saturated heterocycles. The molecule has 0 radical (unpaired) electrons. The van der Waals surface area contributed by atoms with E-state index in [1.54, 1.807) is 6.07 Å². The van der Waals surface area contributed by atoms with Gasteiger partial charge in [0.05, 0.1) is 4.47 Å². The highest BCUT2D eigenvalue weighted by molar-refractivity contribution is 9.10. The molecule has 0 saturated carbocycles. The Morgan fingerprint density at radius 1 is 1.25 bits per heavy atom. The molecule has 0 aliphatic rings. The fourth-order valence-corrected chi connectivity index (χ4v) is 2.32. The summed E-state index contributed by atoms with van der Waals surface area (Å²) in [6.45, 7) is 7.93. The molecule has 108 valence electrons. The lowest BCUT2D eigenvalue weighted by Crippen LogP contribution is -2.34. The number of halogens is 2. The minimum Gasteiger partial charge on any atom is -0.350 e. The molecule has 0 unspecified atom stereocenters. The van der Waals surface area contributed by atoms with Gasteiger partial charge in [-0.15, -0.1) is 0 Å². The molecule has 2 nitrogen and oxygen atoms in total. The average Bonchev–Trinajstić information content (AvgIpc) is 2.80. The fraction of sp³-hybridized carbons (Fsp3) is 0.375. The summed E-state index contributed by atoms with van der Waals surface area (Å²) < 4.78 is 16.1. The Labute approximate surface area is 128 Å². The third-order valence-corrected chi connectivity index (χ3v) is 3.91. The van der Waals surface area contributed by atoms with Crippen molar-refractivity contribution in [2.45, 2.75) is 39.4 Å². The maximum absolute atomic E-state index is 13.5. The summed E-state index contributed by atoms with van der Waals surface area (Å²) in [5.41, 5.74) is 2.27. The lowest BCUT2D eigenvalue weighted by molar-refractivity contribution is 0.424. The Kier molecular flexibility index (Phi) is 4.66. The van der Waals surface area contributed by atoms with E-state index in [1.807, 2.05) is 12.3 Å². The van der Waals surface area contributed by atoms with Gasteiger partial charge in [-0.25, -0.2) is 4.39 Å². The van der Waals surface area contributed by atoms with Crippen LogP contribution in [-0.2, 0) is 13.1 Å². The predicted molar refractivity (Wildman–Crippen MR) is 84.2 cm³/mol. The number of aromatic nitrogens is 1. The molecule has 1 aromatic heterocycles. The van der Waals surface area contributed by atoms with Crippen LogP contribution in [0, 0.1) is 5.82 Å². The molecule has 0 aliphatic carbocycles. The third kappa shape index (κ3) is 4.18. The van der Waals surface area contributed by atoms with E-state index >= 15 is 0 Å².